The Hall–Kier alpha value is -0.120. The van der Waals surface area contributed by atoms with Gasteiger partial charge in [-0.15, -0.1) is 0 Å². The Morgan fingerprint density at radius 1 is 1.55 bits per heavy atom. The minimum Gasteiger partial charge on any atom is -0.375 e. The van der Waals surface area contributed by atoms with Crippen molar-refractivity contribution in [3.63, 3.8) is 0 Å². The molecule has 3 nitrogen and oxygen atoms in total. The fourth-order valence-corrected chi connectivity index (χ4v) is 1.97. The number of ether oxygens (including phenoxy) is 1. The standard InChI is InChI=1S/C8H16N2O/c1-10-4-5-11-8-2-3-9-6-7(8)10/h7-9H,2-6H2,1H3. The predicted octanol–water partition coefficient (Wildman–Crippen LogP) is -0.321. The smallest absolute Gasteiger partial charge is 0.0755 e. The molecule has 0 amide bonds. The number of likely N-dealkylation sites (N-methyl/N-ethyl adjacent to an activating group) is 1. The van der Waals surface area contributed by atoms with Crippen LogP contribution in [0.5, 0.6) is 0 Å². The first-order valence-corrected chi connectivity index (χ1v) is 4.40. The lowest BCUT2D eigenvalue weighted by atomic mass is 10.0. The van der Waals surface area contributed by atoms with Crippen molar-refractivity contribution in [2.24, 2.45) is 0 Å². The zero-order chi connectivity index (χ0) is 7.68. The zero-order valence-electron chi connectivity index (χ0n) is 7.05. The minimum absolute atomic E-state index is 0.495. The van der Waals surface area contributed by atoms with E-state index >= 15 is 0 Å². The van der Waals surface area contributed by atoms with Crippen molar-refractivity contribution in [3.8, 4) is 0 Å². The molecule has 0 aromatic rings. The molecule has 0 spiro atoms. The van der Waals surface area contributed by atoms with Crippen molar-refractivity contribution in [2.45, 2.75) is 18.6 Å². The lowest BCUT2D eigenvalue weighted by Gasteiger charge is -2.42. The quantitative estimate of drug-likeness (QED) is 0.520. The summed E-state index contributed by atoms with van der Waals surface area (Å²) in [6.45, 7) is 4.22. The Kier molecular flexibility index (Phi) is 2.11. The van der Waals surface area contributed by atoms with Crippen molar-refractivity contribution in [1.82, 2.24) is 10.2 Å². The van der Waals surface area contributed by atoms with Gasteiger partial charge in [-0.3, -0.25) is 4.90 Å². The Morgan fingerprint density at radius 3 is 3.27 bits per heavy atom. The molecule has 2 fully saturated rings. The lowest BCUT2D eigenvalue weighted by Crippen LogP contribution is -2.57. The third-order valence-corrected chi connectivity index (χ3v) is 2.73. The first kappa shape index (κ1) is 7.53. The molecule has 11 heavy (non-hydrogen) atoms. The molecule has 0 saturated carbocycles. The second kappa shape index (κ2) is 3.09. The van der Waals surface area contributed by atoms with E-state index in [1.807, 2.05) is 0 Å². The van der Waals surface area contributed by atoms with Crippen LogP contribution in [0.3, 0.4) is 0 Å². The maximum atomic E-state index is 5.67. The molecular formula is C8H16N2O. The van der Waals surface area contributed by atoms with Crippen LogP contribution in [0.25, 0.3) is 0 Å². The Balaban J connectivity index is 1.99. The highest BCUT2D eigenvalue weighted by Crippen LogP contribution is 2.17. The number of nitrogens with zero attached hydrogens (tertiary/aromatic N) is 1. The highest BCUT2D eigenvalue weighted by atomic mass is 16.5. The van der Waals surface area contributed by atoms with Gasteiger partial charge in [0, 0.05) is 19.1 Å². The summed E-state index contributed by atoms with van der Waals surface area (Å²) in [5.74, 6) is 0. The van der Waals surface area contributed by atoms with Crippen LogP contribution in [0.2, 0.25) is 0 Å². The maximum absolute atomic E-state index is 5.67. The highest BCUT2D eigenvalue weighted by molar-refractivity contribution is 4.87. The monoisotopic (exact) mass is 156 g/mol. The van der Waals surface area contributed by atoms with Crippen LogP contribution < -0.4 is 5.32 Å². The van der Waals surface area contributed by atoms with E-state index in [1.165, 1.54) is 6.42 Å². The van der Waals surface area contributed by atoms with Crippen molar-refractivity contribution in [1.29, 1.82) is 0 Å². The number of piperidine rings is 1. The molecule has 0 aliphatic carbocycles. The van der Waals surface area contributed by atoms with Crippen molar-refractivity contribution in [2.75, 3.05) is 33.3 Å². The molecule has 2 heterocycles. The molecule has 2 aliphatic rings. The molecule has 1 N–H and O–H groups in total. The summed E-state index contributed by atoms with van der Waals surface area (Å²) in [7, 11) is 2.19. The number of rotatable bonds is 0. The normalized spacial score (nSPS) is 40.1. The summed E-state index contributed by atoms with van der Waals surface area (Å²) in [5.41, 5.74) is 0. The summed E-state index contributed by atoms with van der Waals surface area (Å²) in [6.07, 6.45) is 1.67. The Bertz CT molecular complexity index is 138. The molecular weight excluding hydrogens is 140 g/mol. The first-order valence-electron chi connectivity index (χ1n) is 4.40. The van der Waals surface area contributed by atoms with Gasteiger partial charge in [-0.1, -0.05) is 0 Å². The van der Waals surface area contributed by atoms with Gasteiger partial charge in [-0.25, -0.2) is 0 Å². The average Bonchev–Trinajstić information content (AvgIpc) is 2.06. The molecule has 2 rings (SSSR count). The van der Waals surface area contributed by atoms with E-state index in [0.717, 1.165) is 26.2 Å². The molecule has 3 heteroatoms. The number of nitrogens with one attached hydrogen (secondary N) is 1. The second-order valence-electron chi connectivity index (χ2n) is 3.45. The van der Waals surface area contributed by atoms with E-state index in [0.29, 0.717) is 12.1 Å². The Morgan fingerprint density at radius 2 is 2.45 bits per heavy atom. The van der Waals surface area contributed by atoms with Crippen LogP contribution in [0, 0.1) is 0 Å². The van der Waals surface area contributed by atoms with Crippen LogP contribution in [0.15, 0.2) is 0 Å². The van der Waals surface area contributed by atoms with Crippen molar-refractivity contribution < 1.29 is 4.74 Å². The van der Waals surface area contributed by atoms with E-state index in [-0.39, 0.29) is 0 Å². The van der Waals surface area contributed by atoms with Crippen molar-refractivity contribution >= 4 is 0 Å². The zero-order valence-corrected chi connectivity index (χ0v) is 7.05. The molecule has 0 bridgehead atoms. The third kappa shape index (κ3) is 1.41. The second-order valence-corrected chi connectivity index (χ2v) is 3.45. The van der Waals surface area contributed by atoms with Crippen LogP contribution in [0.1, 0.15) is 6.42 Å². The van der Waals surface area contributed by atoms with Gasteiger partial charge in [0.05, 0.1) is 12.7 Å². The van der Waals surface area contributed by atoms with Gasteiger partial charge in [0.1, 0.15) is 0 Å². The third-order valence-electron chi connectivity index (χ3n) is 2.73. The van der Waals surface area contributed by atoms with E-state index in [2.05, 4.69) is 17.3 Å². The maximum Gasteiger partial charge on any atom is 0.0755 e. The van der Waals surface area contributed by atoms with Gasteiger partial charge in [-0.2, -0.15) is 0 Å². The first-order chi connectivity index (χ1) is 5.38. The van der Waals surface area contributed by atoms with Gasteiger partial charge < -0.3 is 10.1 Å². The lowest BCUT2D eigenvalue weighted by molar-refractivity contribution is -0.0730. The fourth-order valence-electron chi connectivity index (χ4n) is 1.97. The number of hydrogen-bond donors (Lipinski definition) is 1. The number of morpholine rings is 1. The molecule has 2 unspecified atom stereocenters. The van der Waals surface area contributed by atoms with Gasteiger partial charge >= 0.3 is 0 Å². The topological polar surface area (TPSA) is 24.5 Å². The highest BCUT2D eigenvalue weighted by Gasteiger charge is 2.31. The van der Waals surface area contributed by atoms with E-state index < -0.39 is 0 Å². The van der Waals surface area contributed by atoms with Crippen LogP contribution >= 0.6 is 0 Å². The van der Waals surface area contributed by atoms with E-state index in [1.54, 1.807) is 0 Å². The predicted molar refractivity (Wildman–Crippen MR) is 43.6 cm³/mol. The van der Waals surface area contributed by atoms with Crippen LogP contribution in [-0.4, -0.2) is 50.3 Å². The molecule has 0 aromatic heterocycles. The minimum atomic E-state index is 0.495. The van der Waals surface area contributed by atoms with Crippen molar-refractivity contribution in [3.05, 3.63) is 0 Å². The number of hydrogen-bond acceptors (Lipinski definition) is 3. The van der Waals surface area contributed by atoms with Crippen LogP contribution in [-0.2, 0) is 4.74 Å². The molecule has 2 atom stereocenters. The van der Waals surface area contributed by atoms with Crippen LogP contribution in [0.4, 0.5) is 0 Å². The SMILES string of the molecule is CN1CCOC2CCNCC21. The molecule has 64 valence electrons. The van der Waals surface area contributed by atoms with Gasteiger partial charge in [0.2, 0.25) is 0 Å². The summed E-state index contributed by atoms with van der Waals surface area (Å²) in [4.78, 5) is 2.40. The Labute approximate surface area is 67.7 Å². The summed E-state index contributed by atoms with van der Waals surface area (Å²) in [5, 5.41) is 3.39. The van der Waals surface area contributed by atoms with E-state index in [9.17, 15) is 0 Å². The van der Waals surface area contributed by atoms with Gasteiger partial charge in [0.25, 0.3) is 0 Å². The largest absolute Gasteiger partial charge is 0.375 e. The van der Waals surface area contributed by atoms with Gasteiger partial charge in [0.15, 0.2) is 0 Å². The summed E-state index contributed by atoms with van der Waals surface area (Å²) >= 11 is 0. The molecule has 0 aromatic carbocycles. The van der Waals surface area contributed by atoms with E-state index in [4.69, 9.17) is 4.74 Å². The molecule has 0 radical (unpaired) electrons. The average molecular weight is 156 g/mol. The summed E-state index contributed by atoms with van der Waals surface area (Å²) in [6, 6.07) is 0.623. The number of fused-ring (bicyclic) bond motifs is 1. The van der Waals surface area contributed by atoms with Gasteiger partial charge in [-0.05, 0) is 20.0 Å². The molecule has 2 saturated heterocycles. The summed E-state index contributed by atoms with van der Waals surface area (Å²) < 4.78 is 5.67. The molecule has 2 aliphatic heterocycles. The fraction of sp³-hybridized carbons (Fsp3) is 1.00.